The van der Waals surface area contributed by atoms with Crippen LogP contribution in [-0.2, 0) is 6.42 Å². The lowest BCUT2D eigenvalue weighted by atomic mass is 10.00. The van der Waals surface area contributed by atoms with Crippen molar-refractivity contribution in [3.63, 3.8) is 0 Å². The molecule has 1 heterocycles. The Bertz CT molecular complexity index is 527. The highest BCUT2D eigenvalue weighted by Crippen LogP contribution is 2.26. The van der Waals surface area contributed by atoms with E-state index in [4.69, 9.17) is 0 Å². The SMILES string of the molecule is CCNC(CCCc1cccs1)c1cc(Br)ccc1F. The molecule has 1 N–H and O–H groups in total. The highest BCUT2D eigenvalue weighted by molar-refractivity contribution is 9.10. The number of thiophene rings is 1. The average molecular weight is 356 g/mol. The first-order valence-corrected chi connectivity index (χ1v) is 8.58. The van der Waals surface area contributed by atoms with Gasteiger partial charge in [0.15, 0.2) is 0 Å². The van der Waals surface area contributed by atoms with E-state index in [0.29, 0.717) is 0 Å². The van der Waals surface area contributed by atoms with Crippen LogP contribution in [0.25, 0.3) is 0 Å². The molecule has 0 saturated heterocycles. The summed E-state index contributed by atoms with van der Waals surface area (Å²) in [6.45, 7) is 2.90. The van der Waals surface area contributed by atoms with Gasteiger partial charge in [-0.3, -0.25) is 0 Å². The molecule has 1 aromatic heterocycles. The molecule has 0 bridgehead atoms. The van der Waals surface area contributed by atoms with Gasteiger partial charge < -0.3 is 5.32 Å². The third kappa shape index (κ3) is 4.40. The minimum Gasteiger partial charge on any atom is -0.310 e. The zero-order valence-corrected chi connectivity index (χ0v) is 13.9. The van der Waals surface area contributed by atoms with E-state index in [1.54, 1.807) is 17.4 Å². The van der Waals surface area contributed by atoms with E-state index in [0.717, 1.165) is 35.8 Å². The van der Waals surface area contributed by atoms with Crippen LogP contribution < -0.4 is 5.32 Å². The van der Waals surface area contributed by atoms with E-state index in [9.17, 15) is 4.39 Å². The normalized spacial score (nSPS) is 12.6. The molecule has 0 radical (unpaired) electrons. The maximum atomic E-state index is 14.0. The lowest BCUT2D eigenvalue weighted by Crippen LogP contribution is -2.22. The quantitative estimate of drug-likeness (QED) is 0.708. The Kier molecular flexibility index (Phi) is 6.20. The van der Waals surface area contributed by atoms with E-state index in [-0.39, 0.29) is 11.9 Å². The molecule has 0 spiro atoms. The number of aryl methyl sites for hydroxylation is 1. The maximum Gasteiger partial charge on any atom is 0.128 e. The Balaban J connectivity index is 2.00. The van der Waals surface area contributed by atoms with Crippen molar-refractivity contribution < 1.29 is 4.39 Å². The molecular formula is C16H19BrFNS. The van der Waals surface area contributed by atoms with E-state index < -0.39 is 0 Å². The summed E-state index contributed by atoms with van der Waals surface area (Å²) in [6.07, 6.45) is 3.07. The molecule has 4 heteroatoms. The van der Waals surface area contributed by atoms with Crippen LogP contribution in [0.2, 0.25) is 0 Å². The molecule has 108 valence electrons. The van der Waals surface area contributed by atoms with Gasteiger partial charge >= 0.3 is 0 Å². The second-order valence-corrected chi connectivity index (χ2v) is 6.70. The van der Waals surface area contributed by atoms with E-state index in [2.05, 4.69) is 45.7 Å². The molecular weight excluding hydrogens is 337 g/mol. The molecule has 0 aliphatic carbocycles. The smallest absolute Gasteiger partial charge is 0.128 e. The molecule has 1 unspecified atom stereocenters. The van der Waals surface area contributed by atoms with Crippen molar-refractivity contribution in [3.05, 3.63) is 56.4 Å². The summed E-state index contributed by atoms with van der Waals surface area (Å²) in [6, 6.07) is 9.48. The van der Waals surface area contributed by atoms with Gasteiger partial charge in [-0.2, -0.15) is 0 Å². The molecule has 2 aromatic rings. The second-order valence-electron chi connectivity index (χ2n) is 4.75. The summed E-state index contributed by atoms with van der Waals surface area (Å²) in [4.78, 5) is 1.40. The van der Waals surface area contributed by atoms with E-state index >= 15 is 0 Å². The van der Waals surface area contributed by atoms with Gasteiger partial charge in [-0.15, -0.1) is 11.3 Å². The van der Waals surface area contributed by atoms with E-state index in [1.165, 1.54) is 10.9 Å². The summed E-state index contributed by atoms with van der Waals surface area (Å²) in [7, 11) is 0. The van der Waals surface area contributed by atoms with Crippen LogP contribution in [0.3, 0.4) is 0 Å². The van der Waals surface area contributed by atoms with Crippen molar-refractivity contribution >= 4 is 27.3 Å². The van der Waals surface area contributed by atoms with Crippen LogP contribution in [0.15, 0.2) is 40.2 Å². The lowest BCUT2D eigenvalue weighted by Gasteiger charge is -2.19. The first-order valence-electron chi connectivity index (χ1n) is 6.91. The first kappa shape index (κ1) is 15.7. The molecule has 0 aliphatic heterocycles. The fourth-order valence-electron chi connectivity index (χ4n) is 2.33. The van der Waals surface area contributed by atoms with Crippen molar-refractivity contribution in [2.24, 2.45) is 0 Å². The fraction of sp³-hybridized carbons (Fsp3) is 0.375. The molecule has 0 aliphatic rings. The third-order valence-electron chi connectivity index (χ3n) is 3.28. The first-order chi connectivity index (χ1) is 9.70. The van der Waals surface area contributed by atoms with Gasteiger partial charge in [-0.25, -0.2) is 4.39 Å². The Morgan fingerprint density at radius 2 is 2.20 bits per heavy atom. The number of rotatable bonds is 7. The number of nitrogens with one attached hydrogen (secondary N) is 1. The summed E-state index contributed by atoms with van der Waals surface area (Å²) in [5.41, 5.74) is 0.757. The van der Waals surface area contributed by atoms with Crippen LogP contribution in [0.4, 0.5) is 4.39 Å². The van der Waals surface area contributed by atoms with Crippen LogP contribution in [-0.4, -0.2) is 6.54 Å². The highest BCUT2D eigenvalue weighted by atomic mass is 79.9. The molecule has 0 saturated carbocycles. The van der Waals surface area contributed by atoms with Crippen LogP contribution in [0.1, 0.15) is 36.2 Å². The summed E-state index contributed by atoms with van der Waals surface area (Å²) in [5, 5.41) is 5.49. The fourth-order valence-corrected chi connectivity index (χ4v) is 3.46. The molecule has 0 fully saturated rings. The molecule has 1 atom stereocenters. The van der Waals surface area contributed by atoms with Crippen molar-refractivity contribution in [1.82, 2.24) is 5.32 Å². The Labute approximate surface area is 132 Å². The standard InChI is InChI=1S/C16H19BrFNS/c1-2-19-16(7-3-5-13-6-4-10-20-13)14-11-12(17)8-9-15(14)18/h4,6,8-11,16,19H,2-3,5,7H2,1H3. The summed E-state index contributed by atoms with van der Waals surface area (Å²) >= 11 is 5.21. The van der Waals surface area contributed by atoms with Gasteiger partial charge in [0.25, 0.3) is 0 Å². The van der Waals surface area contributed by atoms with Gasteiger partial charge in [0.1, 0.15) is 5.82 Å². The molecule has 2 rings (SSSR count). The zero-order chi connectivity index (χ0) is 14.4. The summed E-state index contributed by atoms with van der Waals surface area (Å²) in [5.74, 6) is -0.129. The van der Waals surface area contributed by atoms with Gasteiger partial charge in [0, 0.05) is 21.0 Å². The van der Waals surface area contributed by atoms with Gasteiger partial charge in [0.2, 0.25) is 0 Å². The molecule has 0 amide bonds. The second kappa shape index (κ2) is 7.91. The predicted octanol–water partition coefficient (Wildman–Crippen LogP) is 5.32. The Morgan fingerprint density at radius 1 is 1.35 bits per heavy atom. The van der Waals surface area contributed by atoms with Crippen LogP contribution >= 0.6 is 27.3 Å². The van der Waals surface area contributed by atoms with Gasteiger partial charge in [-0.05, 0) is 55.5 Å². The molecule has 1 aromatic carbocycles. The van der Waals surface area contributed by atoms with E-state index in [1.807, 2.05) is 6.07 Å². The van der Waals surface area contributed by atoms with Crippen molar-refractivity contribution in [2.75, 3.05) is 6.54 Å². The number of hydrogen-bond acceptors (Lipinski definition) is 2. The highest BCUT2D eigenvalue weighted by Gasteiger charge is 2.15. The van der Waals surface area contributed by atoms with Crippen molar-refractivity contribution in [3.8, 4) is 0 Å². The largest absolute Gasteiger partial charge is 0.310 e. The number of halogens is 2. The number of hydrogen-bond donors (Lipinski definition) is 1. The lowest BCUT2D eigenvalue weighted by molar-refractivity contribution is 0.473. The third-order valence-corrected chi connectivity index (χ3v) is 4.71. The Morgan fingerprint density at radius 3 is 2.90 bits per heavy atom. The summed E-state index contributed by atoms with van der Waals surface area (Å²) < 4.78 is 14.9. The number of benzene rings is 1. The average Bonchev–Trinajstić information content (AvgIpc) is 2.94. The Hall–Kier alpha value is -0.710. The molecule has 20 heavy (non-hydrogen) atoms. The molecule has 1 nitrogen and oxygen atoms in total. The monoisotopic (exact) mass is 355 g/mol. The van der Waals surface area contributed by atoms with Crippen LogP contribution in [0, 0.1) is 5.82 Å². The maximum absolute atomic E-state index is 14.0. The van der Waals surface area contributed by atoms with Gasteiger partial charge in [-0.1, -0.05) is 28.9 Å². The minimum absolute atomic E-state index is 0.0810. The van der Waals surface area contributed by atoms with Crippen molar-refractivity contribution in [2.45, 2.75) is 32.2 Å². The van der Waals surface area contributed by atoms with Crippen LogP contribution in [0.5, 0.6) is 0 Å². The topological polar surface area (TPSA) is 12.0 Å². The van der Waals surface area contributed by atoms with Crippen molar-refractivity contribution in [1.29, 1.82) is 0 Å². The zero-order valence-electron chi connectivity index (χ0n) is 11.5. The minimum atomic E-state index is -0.129. The predicted molar refractivity (Wildman–Crippen MR) is 87.8 cm³/mol. The van der Waals surface area contributed by atoms with Gasteiger partial charge in [0.05, 0.1) is 0 Å².